The normalized spacial score (nSPS) is 10.8. The third-order valence-corrected chi connectivity index (χ3v) is 3.04. The maximum Gasteiger partial charge on any atom is 0.306 e. The molecule has 0 aliphatic carbocycles. The van der Waals surface area contributed by atoms with E-state index in [1.807, 2.05) is 13.8 Å². The minimum Gasteiger partial charge on any atom is -0.466 e. The predicted octanol–water partition coefficient (Wildman–Crippen LogP) is 4.10. The molecule has 1 aromatic rings. The van der Waals surface area contributed by atoms with Crippen LogP contribution in [0.4, 0.5) is 4.39 Å². The molecule has 0 fully saturated rings. The van der Waals surface area contributed by atoms with Crippen LogP contribution in [0.5, 0.6) is 0 Å². The highest BCUT2D eigenvalue weighted by Crippen LogP contribution is 2.26. The SMILES string of the molecule is CCOC(=O)CCc1cc(C(C)C)c(F)cc1Cl. The molecule has 0 bridgehead atoms. The van der Waals surface area contributed by atoms with Crippen molar-refractivity contribution in [3.63, 3.8) is 0 Å². The molecule has 1 rings (SSSR count). The minimum absolute atomic E-state index is 0.0867. The van der Waals surface area contributed by atoms with Gasteiger partial charge in [0.05, 0.1) is 6.61 Å². The number of rotatable bonds is 5. The van der Waals surface area contributed by atoms with Crippen molar-refractivity contribution in [3.05, 3.63) is 34.1 Å². The minimum atomic E-state index is -0.296. The van der Waals surface area contributed by atoms with Gasteiger partial charge in [-0.1, -0.05) is 31.5 Å². The van der Waals surface area contributed by atoms with E-state index in [4.69, 9.17) is 16.3 Å². The van der Waals surface area contributed by atoms with Gasteiger partial charge >= 0.3 is 5.97 Å². The van der Waals surface area contributed by atoms with E-state index in [9.17, 15) is 9.18 Å². The topological polar surface area (TPSA) is 26.3 Å². The van der Waals surface area contributed by atoms with Crippen molar-refractivity contribution in [2.24, 2.45) is 0 Å². The van der Waals surface area contributed by atoms with Crippen LogP contribution in [0.3, 0.4) is 0 Å². The number of hydrogen-bond donors (Lipinski definition) is 0. The summed E-state index contributed by atoms with van der Waals surface area (Å²) in [6.07, 6.45) is 0.731. The fraction of sp³-hybridized carbons (Fsp3) is 0.500. The van der Waals surface area contributed by atoms with Crippen molar-refractivity contribution in [3.8, 4) is 0 Å². The number of ether oxygens (including phenoxy) is 1. The summed E-state index contributed by atoms with van der Waals surface area (Å²) in [5, 5.41) is 0.362. The molecule has 0 amide bonds. The number of benzene rings is 1. The molecule has 0 aromatic heterocycles. The third-order valence-electron chi connectivity index (χ3n) is 2.69. The second-order valence-corrected chi connectivity index (χ2v) is 4.83. The maximum atomic E-state index is 13.6. The largest absolute Gasteiger partial charge is 0.466 e. The number of esters is 1. The molecule has 0 saturated carbocycles. The van der Waals surface area contributed by atoms with E-state index in [-0.39, 0.29) is 24.1 Å². The summed E-state index contributed by atoms with van der Waals surface area (Å²) in [6, 6.07) is 3.05. The molecule has 2 nitrogen and oxygen atoms in total. The van der Waals surface area contributed by atoms with Crippen molar-refractivity contribution in [1.29, 1.82) is 0 Å². The van der Waals surface area contributed by atoms with Crippen LogP contribution in [0, 0.1) is 5.82 Å². The number of aryl methyl sites for hydroxylation is 1. The summed E-state index contributed by atoms with van der Waals surface area (Å²) in [5.74, 6) is -0.470. The Morgan fingerprint density at radius 3 is 2.67 bits per heavy atom. The number of carbonyl (C=O) groups excluding carboxylic acids is 1. The Morgan fingerprint density at radius 2 is 2.11 bits per heavy atom. The second kappa shape index (κ2) is 6.74. The van der Waals surface area contributed by atoms with Crippen molar-refractivity contribution < 1.29 is 13.9 Å². The Labute approximate surface area is 112 Å². The summed E-state index contributed by atoms with van der Waals surface area (Å²) in [5.41, 5.74) is 1.41. The molecule has 0 atom stereocenters. The van der Waals surface area contributed by atoms with Gasteiger partial charge in [-0.3, -0.25) is 4.79 Å². The smallest absolute Gasteiger partial charge is 0.306 e. The fourth-order valence-corrected chi connectivity index (χ4v) is 1.96. The molecular weight excluding hydrogens is 255 g/mol. The van der Waals surface area contributed by atoms with Gasteiger partial charge in [0, 0.05) is 11.4 Å². The van der Waals surface area contributed by atoms with Crippen LogP contribution < -0.4 is 0 Å². The average Bonchev–Trinajstić information content (AvgIpc) is 2.27. The van der Waals surface area contributed by atoms with Crippen LogP contribution in [0.2, 0.25) is 5.02 Å². The van der Waals surface area contributed by atoms with Gasteiger partial charge in [0.15, 0.2) is 0 Å². The predicted molar refractivity (Wildman–Crippen MR) is 70.5 cm³/mol. The lowest BCUT2D eigenvalue weighted by Crippen LogP contribution is -2.06. The molecule has 0 aliphatic heterocycles. The zero-order chi connectivity index (χ0) is 13.7. The number of halogens is 2. The Hall–Kier alpha value is -1.09. The molecule has 0 N–H and O–H groups in total. The van der Waals surface area contributed by atoms with Gasteiger partial charge in [-0.15, -0.1) is 0 Å². The molecule has 0 aliphatic rings. The lowest BCUT2D eigenvalue weighted by atomic mass is 9.98. The molecule has 0 saturated heterocycles. The Kier molecular flexibility index (Phi) is 5.60. The standard InChI is InChI=1S/C14H18ClFO2/c1-4-18-14(17)6-5-10-7-11(9(2)3)13(16)8-12(10)15/h7-9H,4-6H2,1-3H3. The second-order valence-electron chi connectivity index (χ2n) is 4.42. The maximum absolute atomic E-state index is 13.6. The first-order valence-corrected chi connectivity index (χ1v) is 6.47. The van der Waals surface area contributed by atoms with Crippen LogP contribution >= 0.6 is 11.6 Å². The summed E-state index contributed by atoms with van der Waals surface area (Å²) in [7, 11) is 0. The molecule has 4 heteroatoms. The van der Waals surface area contributed by atoms with Gasteiger partial charge in [-0.05, 0) is 36.5 Å². The van der Waals surface area contributed by atoms with Crippen LogP contribution in [0.15, 0.2) is 12.1 Å². The molecule has 18 heavy (non-hydrogen) atoms. The quantitative estimate of drug-likeness (QED) is 0.755. The van der Waals surface area contributed by atoms with Gasteiger partial charge in [0.2, 0.25) is 0 Å². The summed E-state index contributed by atoms with van der Waals surface area (Å²) >= 11 is 5.97. The average molecular weight is 273 g/mol. The summed E-state index contributed by atoms with van der Waals surface area (Å²) < 4.78 is 18.5. The van der Waals surface area contributed by atoms with Gasteiger partial charge in [0.1, 0.15) is 5.82 Å². The molecule has 0 unspecified atom stereocenters. The van der Waals surface area contributed by atoms with E-state index >= 15 is 0 Å². The van der Waals surface area contributed by atoms with Crippen LogP contribution in [0.25, 0.3) is 0 Å². The van der Waals surface area contributed by atoms with Crippen LogP contribution in [0.1, 0.15) is 44.2 Å². The molecular formula is C14H18ClFO2. The zero-order valence-corrected chi connectivity index (χ0v) is 11.7. The lowest BCUT2D eigenvalue weighted by Gasteiger charge is -2.11. The monoisotopic (exact) mass is 272 g/mol. The third kappa shape index (κ3) is 3.98. The fourth-order valence-electron chi connectivity index (χ4n) is 1.72. The van der Waals surface area contributed by atoms with Crippen molar-refractivity contribution in [2.45, 2.75) is 39.5 Å². The van der Waals surface area contributed by atoms with Gasteiger partial charge < -0.3 is 4.74 Å². The molecule has 0 spiro atoms. The Morgan fingerprint density at radius 1 is 1.44 bits per heavy atom. The summed E-state index contributed by atoms with van der Waals surface area (Å²) in [4.78, 5) is 11.3. The van der Waals surface area contributed by atoms with E-state index in [0.717, 1.165) is 5.56 Å². The Balaban J connectivity index is 2.82. The highest BCUT2D eigenvalue weighted by atomic mass is 35.5. The molecule has 0 radical (unpaired) electrons. The first-order chi connectivity index (χ1) is 8.45. The van der Waals surface area contributed by atoms with E-state index in [1.165, 1.54) is 6.07 Å². The highest BCUT2D eigenvalue weighted by Gasteiger charge is 2.12. The first kappa shape index (κ1) is 15.0. The van der Waals surface area contributed by atoms with Gasteiger partial charge in [-0.25, -0.2) is 4.39 Å². The van der Waals surface area contributed by atoms with Gasteiger partial charge in [-0.2, -0.15) is 0 Å². The molecule has 0 heterocycles. The van der Waals surface area contributed by atoms with Crippen LogP contribution in [-0.4, -0.2) is 12.6 Å². The lowest BCUT2D eigenvalue weighted by molar-refractivity contribution is -0.143. The summed E-state index contributed by atoms with van der Waals surface area (Å²) in [6.45, 7) is 5.97. The zero-order valence-electron chi connectivity index (χ0n) is 10.9. The van der Waals surface area contributed by atoms with E-state index < -0.39 is 0 Å². The number of hydrogen-bond acceptors (Lipinski definition) is 2. The van der Waals surface area contributed by atoms with E-state index in [0.29, 0.717) is 23.6 Å². The highest BCUT2D eigenvalue weighted by molar-refractivity contribution is 6.31. The van der Waals surface area contributed by atoms with E-state index in [2.05, 4.69) is 0 Å². The van der Waals surface area contributed by atoms with Crippen molar-refractivity contribution in [2.75, 3.05) is 6.61 Å². The molecule has 1 aromatic carbocycles. The van der Waals surface area contributed by atoms with E-state index in [1.54, 1.807) is 13.0 Å². The first-order valence-electron chi connectivity index (χ1n) is 6.09. The van der Waals surface area contributed by atoms with Crippen LogP contribution in [-0.2, 0) is 16.0 Å². The molecule has 100 valence electrons. The number of carbonyl (C=O) groups is 1. The van der Waals surface area contributed by atoms with Crippen molar-refractivity contribution >= 4 is 17.6 Å². The Bertz CT molecular complexity index is 430. The van der Waals surface area contributed by atoms with Crippen molar-refractivity contribution in [1.82, 2.24) is 0 Å². The van der Waals surface area contributed by atoms with Gasteiger partial charge in [0.25, 0.3) is 0 Å².